The molecule has 3 rings (SSSR count). The monoisotopic (exact) mass is 348 g/mol. The third kappa shape index (κ3) is 3.51. The average Bonchev–Trinajstić information content (AvgIpc) is 3.01. The van der Waals surface area contributed by atoms with E-state index in [0.717, 1.165) is 26.6 Å². The van der Waals surface area contributed by atoms with Crippen LogP contribution in [0.2, 0.25) is 0 Å². The second kappa shape index (κ2) is 5.90. The molecule has 0 aliphatic carbocycles. The molecule has 0 saturated carbocycles. The van der Waals surface area contributed by atoms with Gasteiger partial charge in [0.05, 0.1) is 17.5 Å². The summed E-state index contributed by atoms with van der Waals surface area (Å²) in [5.41, 5.74) is 2.36. The zero-order valence-corrected chi connectivity index (χ0v) is 14.4. The van der Waals surface area contributed by atoms with Crippen LogP contribution in [0.15, 0.2) is 35.7 Å². The van der Waals surface area contributed by atoms with Crippen molar-refractivity contribution in [3.05, 3.63) is 51.9 Å². The number of aromatic nitrogens is 1. The van der Waals surface area contributed by atoms with Gasteiger partial charge in [-0.2, -0.15) is 0 Å². The van der Waals surface area contributed by atoms with E-state index < -0.39 is 15.9 Å². The molecule has 0 spiro atoms. The fraction of sp³-hybridized carbons (Fsp3) is 0.250. The Morgan fingerprint density at radius 2 is 2.13 bits per heavy atom. The van der Waals surface area contributed by atoms with Crippen LogP contribution in [0.3, 0.4) is 0 Å². The third-order valence-corrected chi connectivity index (χ3v) is 6.16. The van der Waals surface area contributed by atoms with Crippen molar-refractivity contribution < 1.29 is 13.2 Å². The zero-order valence-electron chi connectivity index (χ0n) is 12.7. The van der Waals surface area contributed by atoms with Crippen LogP contribution in [-0.4, -0.2) is 31.1 Å². The first-order valence-corrected chi connectivity index (χ1v) is 9.63. The van der Waals surface area contributed by atoms with E-state index in [2.05, 4.69) is 10.3 Å². The van der Waals surface area contributed by atoms with Crippen molar-refractivity contribution in [3.8, 4) is 10.6 Å². The average molecular weight is 348 g/mol. The van der Waals surface area contributed by atoms with Gasteiger partial charge in [0.25, 0.3) is 5.91 Å². The summed E-state index contributed by atoms with van der Waals surface area (Å²) in [5, 5.41) is 4.75. The van der Waals surface area contributed by atoms with Gasteiger partial charge in [-0.05, 0) is 32.1 Å². The maximum Gasteiger partial charge on any atom is 0.251 e. The number of hydrogen-bond acceptors (Lipinski definition) is 5. The first-order chi connectivity index (χ1) is 10.8. The first kappa shape index (κ1) is 15.9. The highest BCUT2D eigenvalue weighted by atomic mass is 32.2. The Bertz CT molecular complexity index is 878. The highest BCUT2D eigenvalue weighted by Crippen LogP contribution is 2.27. The van der Waals surface area contributed by atoms with Gasteiger partial charge in [-0.25, -0.2) is 13.4 Å². The van der Waals surface area contributed by atoms with Crippen LogP contribution < -0.4 is 5.32 Å². The minimum absolute atomic E-state index is 0.0801. The summed E-state index contributed by atoms with van der Waals surface area (Å²) in [4.78, 5) is 18.0. The van der Waals surface area contributed by atoms with Gasteiger partial charge in [0.1, 0.15) is 5.01 Å². The number of rotatable bonds is 3. The van der Waals surface area contributed by atoms with Crippen LogP contribution in [0.25, 0.3) is 10.6 Å². The summed E-state index contributed by atoms with van der Waals surface area (Å²) in [6.07, 6.45) is 1.50. The molecule has 0 radical (unpaired) electrons. The maximum absolute atomic E-state index is 12.3. The van der Waals surface area contributed by atoms with E-state index in [1.165, 1.54) is 6.08 Å². The van der Waals surface area contributed by atoms with Crippen LogP contribution in [0.1, 0.15) is 20.9 Å². The van der Waals surface area contributed by atoms with Crippen molar-refractivity contribution in [2.75, 3.05) is 5.75 Å². The van der Waals surface area contributed by atoms with Crippen LogP contribution in [0.5, 0.6) is 0 Å². The Morgan fingerprint density at radius 1 is 1.35 bits per heavy atom. The molecular formula is C16H16N2O3S2. The lowest BCUT2D eigenvalue weighted by Crippen LogP contribution is -2.35. The minimum atomic E-state index is -3.18. The van der Waals surface area contributed by atoms with E-state index in [1.807, 2.05) is 19.9 Å². The van der Waals surface area contributed by atoms with Gasteiger partial charge in [0.2, 0.25) is 0 Å². The smallest absolute Gasteiger partial charge is 0.251 e. The molecule has 0 saturated heterocycles. The number of nitrogens with one attached hydrogen (secondary N) is 1. The highest BCUT2D eigenvalue weighted by molar-refractivity contribution is 7.94. The summed E-state index contributed by atoms with van der Waals surface area (Å²) in [5.74, 6) is -0.368. The molecule has 1 aromatic carbocycles. The Kier molecular flexibility index (Phi) is 4.08. The summed E-state index contributed by atoms with van der Waals surface area (Å²) in [6.45, 7) is 3.97. The fourth-order valence-electron chi connectivity index (χ4n) is 2.31. The molecule has 7 heteroatoms. The van der Waals surface area contributed by atoms with Gasteiger partial charge in [-0.15, -0.1) is 11.3 Å². The summed E-state index contributed by atoms with van der Waals surface area (Å²) >= 11 is 1.59. The zero-order chi connectivity index (χ0) is 16.6. The van der Waals surface area contributed by atoms with Crippen LogP contribution in [0, 0.1) is 13.8 Å². The molecular weight excluding hydrogens is 332 g/mol. The molecule has 0 bridgehead atoms. The lowest BCUT2D eigenvalue weighted by atomic mass is 10.1. The molecule has 1 aliphatic heterocycles. The summed E-state index contributed by atoms with van der Waals surface area (Å²) in [6, 6.07) is 6.73. The van der Waals surface area contributed by atoms with E-state index in [0.29, 0.717) is 5.56 Å². The Morgan fingerprint density at radius 3 is 2.74 bits per heavy atom. The maximum atomic E-state index is 12.3. The Hall–Kier alpha value is -1.99. The molecule has 2 heterocycles. The van der Waals surface area contributed by atoms with Crippen molar-refractivity contribution in [2.45, 2.75) is 19.9 Å². The Labute approximate surface area is 139 Å². The van der Waals surface area contributed by atoms with Gasteiger partial charge < -0.3 is 5.32 Å². The van der Waals surface area contributed by atoms with E-state index >= 15 is 0 Å². The predicted molar refractivity (Wildman–Crippen MR) is 91.2 cm³/mol. The number of sulfone groups is 1. The summed E-state index contributed by atoms with van der Waals surface area (Å²) < 4.78 is 22.8. The van der Waals surface area contributed by atoms with E-state index in [-0.39, 0.29) is 11.7 Å². The number of hydrogen-bond donors (Lipinski definition) is 1. The topological polar surface area (TPSA) is 76.1 Å². The highest BCUT2D eigenvalue weighted by Gasteiger charge is 2.23. The molecule has 1 aliphatic rings. The van der Waals surface area contributed by atoms with Crippen molar-refractivity contribution in [1.82, 2.24) is 10.3 Å². The molecule has 120 valence electrons. The molecule has 1 aromatic heterocycles. The molecule has 5 nitrogen and oxygen atoms in total. The summed E-state index contributed by atoms with van der Waals surface area (Å²) in [7, 11) is -3.18. The van der Waals surface area contributed by atoms with Crippen LogP contribution >= 0.6 is 11.3 Å². The number of amides is 1. The standard InChI is InChI=1S/C16H16N2O3S2/c1-10-11(2)22-16(17-10)13-5-3-4-12(8-13)15(19)18-14-6-7-23(20,21)9-14/h3-8,14H,9H2,1-2H3,(H,18,19)/t14-/m0/s1. The van der Waals surface area contributed by atoms with Crippen molar-refractivity contribution in [2.24, 2.45) is 0 Å². The van der Waals surface area contributed by atoms with E-state index in [4.69, 9.17) is 0 Å². The van der Waals surface area contributed by atoms with Gasteiger partial charge >= 0.3 is 0 Å². The van der Waals surface area contributed by atoms with Gasteiger partial charge in [0, 0.05) is 21.4 Å². The number of benzene rings is 1. The number of carbonyl (C=O) groups is 1. The van der Waals surface area contributed by atoms with Crippen LogP contribution in [-0.2, 0) is 9.84 Å². The van der Waals surface area contributed by atoms with Crippen LogP contribution in [0.4, 0.5) is 0 Å². The SMILES string of the molecule is Cc1nc(-c2cccc(C(=O)N[C@H]3C=CS(=O)(=O)C3)c2)sc1C. The normalized spacial score (nSPS) is 19.0. The Balaban J connectivity index is 1.80. The molecule has 1 amide bonds. The molecule has 2 aromatic rings. The number of thiazole rings is 1. The lowest BCUT2D eigenvalue weighted by molar-refractivity contribution is 0.0947. The molecule has 0 unspecified atom stereocenters. The van der Waals surface area contributed by atoms with Crippen molar-refractivity contribution in [3.63, 3.8) is 0 Å². The molecule has 1 N–H and O–H groups in total. The fourth-order valence-corrected chi connectivity index (χ4v) is 4.45. The molecule has 23 heavy (non-hydrogen) atoms. The largest absolute Gasteiger partial charge is 0.345 e. The minimum Gasteiger partial charge on any atom is -0.345 e. The number of carbonyl (C=O) groups excluding carboxylic acids is 1. The van der Waals surface area contributed by atoms with Gasteiger partial charge in [0.15, 0.2) is 9.84 Å². The second-order valence-electron chi connectivity index (χ2n) is 5.48. The number of aryl methyl sites for hydroxylation is 2. The van der Waals surface area contributed by atoms with E-state index in [1.54, 1.807) is 29.5 Å². The van der Waals surface area contributed by atoms with Gasteiger partial charge in [-0.3, -0.25) is 4.79 Å². The van der Waals surface area contributed by atoms with E-state index in [9.17, 15) is 13.2 Å². The third-order valence-electron chi connectivity index (χ3n) is 3.65. The van der Waals surface area contributed by atoms with Gasteiger partial charge in [-0.1, -0.05) is 12.1 Å². The number of nitrogens with zero attached hydrogens (tertiary/aromatic N) is 1. The molecule has 1 atom stereocenters. The van der Waals surface area contributed by atoms with Crippen molar-refractivity contribution in [1.29, 1.82) is 0 Å². The lowest BCUT2D eigenvalue weighted by Gasteiger charge is -2.10. The first-order valence-electron chi connectivity index (χ1n) is 7.10. The quantitative estimate of drug-likeness (QED) is 0.924. The predicted octanol–water partition coefficient (Wildman–Crippen LogP) is 2.47. The van der Waals surface area contributed by atoms with Crippen molar-refractivity contribution >= 4 is 27.1 Å². The second-order valence-corrected chi connectivity index (χ2v) is 8.61. The molecule has 0 fully saturated rings.